The summed E-state index contributed by atoms with van der Waals surface area (Å²) < 4.78 is 0. The number of aromatic nitrogens is 2. The van der Waals surface area contributed by atoms with Crippen LogP contribution >= 0.6 is 11.6 Å². The van der Waals surface area contributed by atoms with Crippen molar-refractivity contribution in [1.29, 1.82) is 0 Å². The van der Waals surface area contributed by atoms with E-state index in [2.05, 4.69) is 27.1 Å². The largest absolute Gasteiger partial charge is 0.368 e. The zero-order chi connectivity index (χ0) is 13.8. The van der Waals surface area contributed by atoms with Gasteiger partial charge in [-0.15, -0.1) is 0 Å². The van der Waals surface area contributed by atoms with Crippen molar-refractivity contribution in [2.24, 2.45) is 0 Å². The number of anilines is 1. The lowest BCUT2D eigenvalue weighted by Gasteiger charge is -2.20. The molecule has 1 aromatic heterocycles. The van der Waals surface area contributed by atoms with Crippen LogP contribution in [-0.2, 0) is 0 Å². The Hall–Kier alpha value is -1.20. The van der Waals surface area contributed by atoms with E-state index in [4.69, 9.17) is 11.6 Å². The van der Waals surface area contributed by atoms with E-state index in [0.29, 0.717) is 23.5 Å². The van der Waals surface area contributed by atoms with Gasteiger partial charge in [0.05, 0.1) is 5.56 Å². The average Bonchev–Trinajstić information content (AvgIpc) is 3.18. The number of hydrogen-bond acceptors (Lipinski definition) is 5. The highest BCUT2D eigenvalue weighted by Crippen LogP contribution is 2.26. The van der Waals surface area contributed by atoms with Crippen molar-refractivity contribution >= 4 is 23.7 Å². The minimum atomic E-state index is 0.208. The molecule has 1 aromatic rings. The molecule has 0 radical (unpaired) electrons. The van der Waals surface area contributed by atoms with Gasteiger partial charge in [0, 0.05) is 19.1 Å². The second kappa shape index (κ2) is 6.30. The second-order valence-corrected chi connectivity index (χ2v) is 5.09. The summed E-state index contributed by atoms with van der Waals surface area (Å²) >= 11 is 5.93. The number of aryl methyl sites for hydroxylation is 1. The zero-order valence-corrected chi connectivity index (χ0v) is 12.1. The number of halogens is 1. The fourth-order valence-corrected chi connectivity index (χ4v) is 2.40. The molecule has 0 unspecified atom stereocenters. The molecule has 0 amide bonds. The van der Waals surface area contributed by atoms with Crippen LogP contribution in [0.3, 0.4) is 0 Å². The number of carbonyl (C=O) groups excluding carboxylic acids is 1. The number of aldehydes is 1. The molecule has 0 aromatic carbocycles. The third-order valence-corrected chi connectivity index (χ3v) is 3.58. The highest BCUT2D eigenvalue weighted by atomic mass is 35.5. The highest BCUT2D eigenvalue weighted by molar-refractivity contribution is 6.32. The van der Waals surface area contributed by atoms with Gasteiger partial charge >= 0.3 is 0 Å². The first-order chi connectivity index (χ1) is 9.15. The summed E-state index contributed by atoms with van der Waals surface area (Å²) in [5.41, 5.74) is 0.335. The summed E-state index contributed by atoms with van der Waals surface area (Å²) in [4.78, 5) is 21.7. The molecule has 6 heteroatoms. The van der Waals surface area contributed by atoms with Crippen molar-refractivity contribution in [3.05, 3.63) is 16.5 Å². The summed E-state index contributed by atoms with van der Waals surface area (Å²) in [6, 6.07) is 0.744. The van der Waals surface area contributed by atoms with Crippen molar-refractivity contribution in [3.8, 4) is 0 Å². The number of carbonyl (C=O) groups is 1. The Morgan fingerprint density at radius 3 is 2.79 bits per heavy atom. The number of likely N-dealkylation sites (N-methyl/N-ethyl adjacent to an activating group) is 1. The molecule has 2 rings (SSSR count). The topological polar surface area (TPSA) is 58.1 Å². The number of rotatable bonds is 7. The highest BCUT2D eigenvalue weighted by Gasteiger charge is 2.27. The van der Waals surface area contributed by atoms with Crippen molar-refractivity contribution in [2.75, 3.05) is 25.0 Å². The van der Waals surface area contributed by atoms with Crippen molar-refractivity contribution in [3.63, 3.8) is 0 Å². The predicted octanol–water partition coefficient (Wildman–Crippen LogP) is 2.15. The van der Waals surface area contributed by atoms with Gasteiger partial charge in [0.15, 0.2) is 6.29 Å². The van der Waals surface area contributed by atoms with E-state index >= 15 is 0 Å². The molecule has 1 fully saturated rings. The van der Waals surface area contributed by atoms with Crippen LogP contribution in [0.4, 0.5) is 5.82 Å². The van der Waals surface area contributed by atoms with Crippen LogP contribution in [0, 0.1) is 6.92 Å². The minimum Gasteiger partial charge on any atom is -0.368 e. The first kappa shape index (κ1) is 14.2. The first-order valence-corrected chi connectivity index (χ1v) is 7.00. The van der Waals surface area contributed by atoms with Gasteiger partial charge in [0.2, 0.25) is 0 Å². The molecule has 0 bridgehead atoms. The number of nitrogens with zero attached hydrogens (tertiary/aromatic N) is 3. The van der Waals surface area contributed by atoms with Crippen LogP contribution in [0.1, 0.15) is 35.9 Å². The molecule has 1 aliphatic carbocycles. The van der Waals surface area contributed by atoms with E-state index in [9.17, 15) is 4.79 Å². The van der Waals surface area contributed by atoms with Gasteiger partial charge in [0.1, 0.15) is 16.8 Å². The summed E-state index contributed by atoms with van der Waals surface area (Å²) in [5.74, 6) is 1.09. The molecule has 0 spiro atoms. The third kappa shape index (κ3) is 3.64. The smallest absolute Gasteiger partial charge is 0.156 e. The Morgan fingerprint density at radius 2 is 2.21 bits per heavy atom. The molecule has 0 saturated heterocycles. The van der Waals surface area contributed by atoms with Crippen molar-refractivity contribution < 1.29 is 4.79 Å². The van der Waals surface area contributed by atoms with Gasteiger partial charge in [-0.05, 0) is 26.3 Å². The molecule has 1 N–H and O–H groups in total. The third-order valence-electron chi connectivity index (χ3n) is 3.29. The lowest BCUT2D eigenvalue weighted by molar-refractivity contribution is 0.112. The van der Waals surface area contributed by atoms with Crippen molar-refractivity contribution in [2.45, 2.75) is 32.7 Å². The van der Waals surface area contributed by atoms with Gasteiger partial charge in [-0.25, -0.2) is 9.97 Å². The monoisotopic (exact) mass is 282 g/mol. The van der Waals surface area contributed by atoms with E-state index < -0.39 is 0 Å². The molecular weight excluding hydrogens is 264 g/mol. The maximum absolute atomic E-state index is 11.0. The predicted molar refractivity (Wildman–Crippen MR) is 75.9 cm³/mol. The SMILES string of the molecule is CCN(CCNc1nc(C)nc(Cl)c1C=O)C1CC1. The standard InChI is InChI=1S/C13H19ClN4O/c1-3-18(10-4-5-10)7-6-15-13-11(8-19)12(14)16-9(2)17-13/h8,10H,3-7H2,1-2H3,(H,15,16,17). The molecule has 0 atom stereocenters. The molecule has 5 nitrogen and oxygen atoms in total. The summed E-state index contributed by atoms with van der Waals surface area (Å²) in [6.45, 7) is 6.67. The Balaban J connectivity index is 1.96. The van der Waals surface area contributed by atoms with Crippen LogP contribution in [0.15, 0.2) is 0 Å². The van der Waals surface area contributed by atoms with Gasteiger partial charge in [-0.2, -0.15) is 0 Å². The van der Waals surface area contributed by atoms with Gasteiger partial charge < -0.3 is 5.32 Å². The Kier molecular flexibility index (Phi) is 4.71. The van der Waals surface area contributed by atoms with Crippen LogP contribution < -0.4 is 5.32 Å². The van der Waals surface area contributed by atoms with E-state index in [1.54, 1.807) is 6.92 Å². The Labute approximate surface area is 118 Å². The quantitative estimate of drug-likeness (QED) is 0.613. The number of nitrogens with one attached hydrogen (secondary N) is 1. The van der Waals surface area contributed by atoms with E-state index in [1.165, 1.54) is 12.8 Å². The summed E-state index contributed by atoms with van der Waals surface area (Å²) in [6.07, 6.45) is 3.29. The fourth-order valence-electron chi connectivity index (χ4n) is 2.14. The lowest BCUT2D eigenvalue weighted by Crippen LogP contribution is -2.31. The summed E-state index contributed by atoms with van der Waals surface area (Å²) in [7, 11) is 0. The molecule has 0 aliphatic heterocycles. The minimum absolute atomic E-state index is 0.208. The molecule has 1 saturated carbocycles. The number of hydrogen-bond donors (Lipinski definition) is 1. The van der Waals surface area contributed by atoms with Gasteiger partial charge in [-0.1, -0.05) is 18.5 Å². The average molecular weight is 283 g/mol. The fraction of sp³-hybridized carbons (Fsp3) is 0.615. The van der Waals surface area contributed by atoms with Crippen LogP contribution in [-0.4, -0.2) is 46.8 Å². The zero-order valence-electron chi connectivity index (χ0n) is 11.3. The first-order valence-electron chi connectivity index (χ1n) is 6.63. The van der Waals surface area contributed by atoms with Crippen LogP contribution in [0.25, 0.3) is 0 Å². The lowest BCUT2D eigenvalue weighted by atomic mass is 10.3. The van der Waals surface area contributed by atoms with Gasteiger partial charge in [-0.3, -0.25) is 9.69 Å². The second-order valence-electron chi connectivity index (χ2n) is 4.73. The van der Waals surface area contributed by atoms with Crippen LogP contribution in [0.5, 0.6) is 0 Å². The van der Waals surface area contributed by atoms with E-state index in [1.807, 2.05) is 0 Å². The van der Waals surface area contributed by atoms with E-state index in [0.717, 1.165) is 25.7 Å². The Morgan fingerprint density at radius 1 is 1.47 bits per heavy atom. The molecule has 104 valence electrons. The van der Waals surface area contributed by atoms with Gasteiger partial charge in [0.25, 0.3) is 0 Å². The normalized spacial score (nSPS) is 14.7. The maximum Gasteiger partial charge on any atom is 0.156 e. The van der Waals surface area contributed by atoms with E-state index in [-0.39, 0.29) is 5.15 Å². The Bertz CT molecular complexity index is 462. The van der Waals surface area contributed by atoms with Crippen molar-refractivity contribution in [1.82, 2.24) is 14.9 Å². The van der Waals surface area contributed by atoms with Crippen LogP contribution in [0.2, 0.25) is 5.15 Å². The maximum atomic E-state index is 11.0. The molecule has 1 heterocycles. The molecule has 19 heavy (non-hydrogen) atoms. The molecular formula is C13H19ClN4O. The molecule has 1 aliphatic rings. The summed E-state index contributed by atoms with van der Waals surface area (Å²) in [5, 5.41) is 3.39.